The van der Waals surface area contributed by atoms with Crippen LogP contribution in [0.15, 0.2) is 0 Å². The van der Waals surface area contributed by atoms with Gasteiger partial charge in [0.2, 0.25) is 5.91 Å². The van der Waals surface area contributed by atoms with Gasteiger partial charge in [-0.2, -0.15) is 0 Å². The second-order valence-corrected chi connectivity index (χ2v) is 4.33. The van der Waals surface area contributed by atoms with Crippen molar-refractivity contribution in [2.24, 2.45) is 5.41 Å². The smallest absolute Gasteiger partial charge is 0.330 e. The third-order valence-corrected chi connectivity index (χ3v) is 3.19. The molecule has 1 aliphatic carbocycles. The molecular weight excluding hydrogens is 186 g/mol. The van der Waals surface area contributed by atoms with Crippen molar-refractivity contribution in [3.63, 3.8) is 0 Å². The summed E-state index contributed by atoms with van der Waals surface area (Å²) in [6.45, 7) is 4.53. The average molecular weight is 201 g/mol. The molecule has 0 bridgehead atoms. The molecule has 1 saturated carbocycles. The van der Waals surface area contributed by atoms with E-state index in [0.29, 0.717) is 0 Å². The van der Waals surface area contributed by atoms with Crippen molar-refractivity contribution < 1.29 is 19.8 Å². The van der Waals surface area contributed by atoms with Gasteiger partial charge in [-0.15, -0.1) is 0 Å². The Morgan fingerprint density at radius 3 is 2.14 bits per heavy atom. The first-order valence-corrected chi connectivity index (χ1v) is 4.44. The second kappa shape index (κ2) is 2.95. The van der Waals surface area contributed by atoms with Crippen molar-refractivity contribution in [1.29, 1.82) is 0 Å². The zero-order chi connectivity index (χ0) is 11.1. The van der Waals surface area contributed by atoms with Gasteiger partial charge >= 0.3 is 5.97 Å². The van der Waals surface area contributed by atoms with Crippen LogP contribution in [0.4, 0.5) is 0 Å². The summed E-state index contributed by atoms with van der Waals surface area (Å²) < 4.78 is 0. The standard InChI is InChI=1S/C9H15NO4/c1-5(11)10-9(7(13)14)4-6(12)8(9,2)3/h6,12H,4H2,1-3H3,(H,10,11)(H,13,14)/t6-,9-/m0/s1. The predicted molar refractivity (Wildman–Crippen MR) is 48.6 cm³/mol. The van der Waals surface area contributed by atoms with Gasteiger partial charge in [-0.05, 0) is 0 Å². The Labute approximate surface area is 82.1 Å². The minimum atomic E-state index is -1.32. The lowest BCUT2D eigenvalue weighted by molar-refractivity contribution is -0.184. The van der Waals surface area contributed by atoms with Crippen LogP contribution in [0, 0.1) is 5.41 Å². The number of aliphatic hydroxyl groups is 1. The van der Waals surface area contributed by atoms with Gasteiger partial charge in [0, 0.05) is 18.8 Å². The molecule has 1 aliphatic rings. The number of carboxylic acid groups (broad SMARTS) is 1. The SMILES string of the molecule is CC(=O)N[C@]1(C(=O)O)C[C@H](O)C1(C)C. The van der Waals surface area contributed by atoms with Crippen molar-refractivity contribution in [1.82, 2.24) is 5.32 Å². The van der Waals surface area contributed by atoms with E-state index >= 15 is 0 Å². The Bertz CT molecular complexity index is 287. The molecule has 5 nitrogen and oxygen atoms in total. The number of carboxylic acids is 1. The van der Waals surface area contributed by atoms with Crippen LogP contribution in [0.25, 0.3) is 0 Å². The van der Waals surface area contributed by atoms with Crippen molar-refractivity contribution in [2.45, 2.75) is 38.8 Å². The largest absolute Gasteiger partial charge is 0.479 e. The summed E-state index contributed by atoms with van der Waals surface area (Å²) in [5, 5.41) is 20.9. The first-order chi connectivity index (χ1) is 6.24. The van der Waals surface area contributed by atoms with E-state index in [-0.39, 0.29) is 6.42 Å². The fourth-order valence-electron chi connectivity index (χ4n) is 1.89. The summed E-state index contributed by atoms with van der Waals surface area (Å²) in [5.41, 5.74) is -2.15. The van der Waals surface area contributed by atoms with E-state index in [2.05, 4.69) is 5.32 Å². The molecule has 1 rings (SSSR count). The maximum atomic E-state index is 11.1. The third kappa shape index (κ3) is 1.19. The Balaban J connectivity index is 2.98. The van der Waals surface area contributed by atoms with E-state index in [1.165, 1.54) is 6.92 Å². The highest BCUT2D eigenvalue weighted by atomic mass is 16.4. The Morgan fingerprint density at radius 1 is 1.43 bits per heavy atom. The van der Waals surface area contributed by atoms with Crippen LogP contribution < -0.4 is 5.32 Å². The van der Waals surface area contributed by atoms with E-state index in [4.69, 9.17) is 5.11 Å². The maximum Gasteiger partial charge on any atom is 0.330 e. The molecule has 0 spiro atoms. The van der Waals surface area contributed by atoms with Crippen LogP contribution in [0.5, 0.6) is 0 Å². The molecule has 0 heterocycles. The lowest BCUT2D eigenvalue weighted by Gasteiger charge is -2.56. The molecule has 0 aromatic rings. The van der Waals surface area contributed by atoms with Gasteiger partial charge in [0.05, 0.1) is 6.10 Å². The molecule has 0 aromatic heterocycles. The van der Waals surface area contributed by atoms with Gasteiger partial charge in [-0.3, -0.25) is 4.79 Å². The molecule has 14 heavy (non-hydrogen) atoms. The van der Waals surface area contributed by atoms with Crippen LogP contribution in [0.1, 0.15) is 27.2 Å². The number of carbonyl (C=O) groups is 2. The van der Waals surface area contributed by atoms with Crippen LogP contribution in [-0.4, -0.2) is 33.7 Å². The molecule has 2 atom stereocenters. The topological polar surface area (TPSA) is 86.6 Å². The normalized spacial score (nSPS) is 34.4. The van der Waals surface area contributed by atoms with E-state index in [0.717, 1.165) is 0 Å². The van der Waals surface area contributed by atoms with Crippen molar-refractivity contribution in [3.8, 4) is 0 Å². The molecule has 0 saturated heterocycles. The fourth-order valence-corrected chi connectivity index (χ4v) is 1.89. The predicted octanol–water partition coefficient (Wildman–Crippen LogP) is -0.263. The average Bonchev–Trinajstić information content (AvgIpc) is 2.01. The lowest BCUT2D eigenvalue weighted by atomic mass is 9.54. The summed E-state index contributed by atoms with van der Waals surface area (Å²) in [5.74, 6) is -1.49. The fraction of sp³-hybridized carbons (Fsp3) is 0.778. The quantitative estimate of drug-likeness (QED) is 0.574. The van der Waals surface area contributed by atoms with Crippen LogP contribution in [-0.2, 0) is 9.59 Å². The number of hydrogen-bond donors (Lipinski definition) is 3. The number of amides is 1. The summed E-state index contributed by atoms with van der Waals surface area (Å²) in [6, 6.07) is 0. The van der Waals surface area contributed by atoms with E-state index in [1.54, 1.807) is 13.8 Å². The maximum absolute atomic E-state index is 11.1. The highest BCUT2D eigenvalue weighted by Crippen LogP contribution is 2.49. The van der Waals surface area contributed by atoms with Crippen LogP contribution in [0.2, 0.25) is 0 Å². The molecule has 1 amide bonds. The number of carbonyl (C=O) groups excluding carboxylic acids is 1. The highest BCUT2D eigenvalue weighted by molar-refractivity contribution is 5.88. The van der Waals surface area contributed by atoms with Gasteiger partial charge in [0.25, 0.3) is 0 Å². The van der Waals surface area contributed by atoms with E-state index < -0.39 is 28.9 Å². The summed E-state index contributed by atoms with van der Waals surface area (Å²) >= 11 is 0. The van der Waals surface area contributed by atoms with E-state index in [1.807, 2.05) is 0 Å². The molecule has 3 N–H and O–H groups in total. The summed E-state index contributed by atoms with van der Waals surface area (Å²) in [7, 11) is 0. The first-order valence-electron chi connectivity index (χ1n) is 4.44. The lowest BCUT2D eigenvalue weighted by Crippen LogP contribution is -2.75. The summed E-state index contributed by atoms with van der Waals surface area (Å²) in [6.07, 6.45) is -0.625. The monoisotopic (exact) mass is 201 g/mol. The molecule has 80 valence electrons. The van der Waals surface area contributed by atoms with Gasteiger partial charge in [0.15, 0.2) is 0 Å². The van der Waals surface area contributed by atoms with Crippen LogP contribution >= 0.6 is 0 Å². The van der Waals surface area contributed by atoms with Gasteiger partial charge < -0.3 is 15.5 Å². The Kier molecular flexibility index (Phi) is 2.31. The Morgan fingerprint density at radius 2 is 1.93 bits per heavy atom. The van der Waals surface area contributed by atoms with Gasteiger partial charge in [0.1, 0.15) is 5.54 Å². The molecule has 0 unspecified atom stereocenters. The number of aliphatic hydroxyl groups excluding tert-OH is 1. The van der Waals surface area contributed by atoms with Crippen molar-refractivity contribution >= 4 is 11.9 Å². The number of aliphatic carboxylic acids is 1. The first kappa shape index (κ1) is 11.0. The second-order valence-electron chi connectivity index (χ2n) is 4.33. The number of nitrogens with one attached hydrogen (secondary N) is 1. The minimum absolute atomic E-state index is 0.0644. The van der Waals surface area contributed by atoms with Crippen molar-refractivity contribution in [2.75, 3.05) is 0 Å². The minimum Gasteiger partial charge on any atom is -0.479 e. The van der Waals surface area contributed by atoms with Crippen molar-refractivity contribution in [3.05, 3.63) is 0 Å². The zero-order valence-electron chi connectivity index (χ0n) is 8.50. The highest BCUT2D eigenvalue weighted by Gasteiger charge is 2.65. The van der Waals surface area contributed by atoms with Gasteiger partial charge in [-0.25, -0.2) is 4.79 Å². The molecule has 0 aliphatic heterocycles. The van der Waals surface area contributed by atoms with Crippen LogP contribution in [0.3, 0.4) is 0 Å². The number of hydrogen-bond acceptors (Lipinski definition) is 3. The Hall–Kier alpha value is -1.10. The molecule has 0 radical (unpaired) electrons. The van der Waals surface area contributed by atoms with E-state index in [9.17, 15) is 14.7 Å². The molecular formula is C9H15NO4. The third-order valence-electron chi connectivity index (χ3n) is 3.19. The zero-order valence-corrected chi connectivity index (χ0v) is 8.50. The molecule has 1 fully saturated rings. The summed E-state index contributed by atoms with van der Waals surface area (Å²) in [4.78, 5) is 22.0. The molecule has 5 heteroatoms. The number of rotatable bonds is 2. The molecule has 0 aromatic carbocycles. The van der Waals surface area contributed by atoms with Gasteiger partial charge in [-0.1, -0.05) is 13.8 Å².